The number of benzene rings is 2. The molecule has 0 bridgehead atoms. The van der Waals surface area contributed by atoms with Crippen LogP contribution in [-0.2, 0) is 10.0 Å². The maximum atomic E-state index is 13.0. The van der Waals surface area contributed by atoms with Gasteiger partial charge in [0.05, 0.1) is 17.1 Å². The molecule has 0 aromatic heterocycles. The number of nitrogens with zero attached hydrogens (tertiary/aromatic N) is 1. The van der Waals surface area contributed by atoms with Crippen LogP contribution < -0.4 is 4.31 Å². The van der Waals surface area contributed by atoms with Crippen LogP contribution in [0.4, 0.5) is 10.1 Å². The Kier molecular flexibility index (Phi) is 4.65. The van der Waals surface area contributed by atoms with Crippen LogP contribution >= 0.6 is 11.6 Å². The molecule has 110 valence electrons. The quantitative estimate of drug-likeness (QED) is 0.783. The molecule has 0 heterocycles. The summed E-state index contributed by atoms with van der Waals surface area (Å²) in [7, 11) is -3.81. The van der Waals surface area contributed by atoms with Gasteiger partial charge < -0.3 is 0 Å². The fourth-order valence-corrected chi connectivity index (χ4v) is 3.44. The third-order valence-electron chi connectivity index (χ3n) is 2.79. The first-order valence-corrected chi connectivity index (χ1v) is 7.92. The lowest BCUT2D eigenvalue weighted by Crippen LogP contribution is -2.31. The summed E-state index contributed by atoms with van der Waals surface area (Å²) < 4.78 is 39.4. The van der Waals surface area contributed by atoms with Crippen molar-refractivity contribution in [1.29, 1.82) is 0 Å². The Morgan fingerprint density at radius 2 is 1.86 bits per heavy atom. The van der Waals surface area contributed by atoms with E-state index >= 15 is 0 Å². The first-order valence-electron chi connectivity index (χ1n) is 6.10. The second-order valence-corrected chi connectivity index (χ2v) is 6.56. The molecule has 6 heteroatoms. The van der Waals surface area contributed by atoms with Crippen LogP contribution in [0.2, 0.25) is 5.02 Å². The Bertz CT molecular complexity index is 745. The van der Waals surface area contributed by atoms with Gasteiger partial charge in [0.2, 0.25) is 0 Å². The minimum absolute atomic E-state index is 0.00530. The summed E-state index contributed by atoms with van der Waals surface area (Å²) in [6.07, 6.45) is 1.47. The van der Waals surface area contributed by atoms with Gasteiger partial charge in [0.1, 0.15) is 5.82 Å². The van der Waals surface area contributed by atoms with E-state index in [9.17, 15) is 12.8 Å². The summed E-state index contributed by atoms with van der Waals surface area (Å²) >= 11 is 5.91. The lowest BCUT2D eigenvalue weighted by molar-refractivity contribution is 0.591. The number of rotatable bonds is 5. The number of hydrogen-bond acceptors (Lipinski definition) is 2. The first kappa shape index (κ1) is 15.5. The summed E-state index contributed by atoms with van der Waals surface area (Å²) in [5.41, 5.74) is 0.423. The van der Waals surface area contributed by atoms with E-state index in [1.807, 2.05) is 0 Å². The van der Waals surface area contributed by atoms with Gasteiger partial charge in [-0.05, 0) is 42.5 Å². The highest BCUT2D eigenvalue weighted by Crippen LogP contribution is 2.26. The van der Waals surface area contributed by atoms with Crippen molar-refractivity contribution in [3.8, 4) is 0 Å². The van der Waals surface area contributed by atoms with Crippen molar-refractivity contribution < 1.29 is 12.8 Å². The minimum atomic E-state index is -3.81. The van der Waals surface area contributed by atoms with E-state index in [1.54, 1.807) is 24.3 Å². The Labute approximate surface area is 128 Å². The molecule has 0 saturated carbocycles. The maximum absolute atomic E-state index is 13.0. The molecule has 0 fully saturated rings. The second kappa shape index (κ2) is 6.28. The van der Waals surface area contributed by atoms with Crippen LogP contribution in [0.25, 0.3) is 0 Å². The van der Waals surface area contributed by atoms with Gasteiger partial charge >= 0.3 is 0 Å². The number of sulfonamides is 1. The fraction of sp³-hybridized carbons (Fsp3) is 0.0667. The molecule has 2 aromatic rings. The van der Waals surface area contributed by atoms with E-state index in [4.69, 9.17) is 11.6 Å². The summed E-state index contributed by atoms with van der Waals surface area (Å²) in [6, 6.07) is 11.2. The molecule has 0 spiro atoms. The first-order chi connectivity index (χ1) is 9.95. The highest BCUT2D eigenvalue weighted by Gasteiger charge is 2.24. The van der Waals surface area contributed by atoms with E-state index in [0.29, 0.717) is 10.7 Å². The van der Waals surface area contributed by atoms with Crippen LogP contribution in [0.5, 0.6) is 0 Å². The fourth-order valence-electron chi connectivity index (χ4n) is 1.82. The third kappa shape index (κ3) is 3.43. The van der Waals surface area contributed by atoms with Crippen molar-refractivity contribution in [2.24, 2.45) is 0 Å². The minimum Gasteiger partial charge on any atom is -0.262 e. The molecular weight excluding hydrogens is 313 g/mol. The van der Waals surface area contributed by atoms with Crippen LogP contribution in [0.1, 0.15) is 0 Å². The molecule has 0 atom stereocenters. The average Bonchev–Trinajstić information content (AvgIpc) is 2.45. The third-order valence-corrected chi connectivity index (χ3v) is 4.84. The molecule has 0 aliphatic heterocycles. The van der Waals surface area contributed by atoms with E-state index in [0.717, 1.165) is 12.1 Å². The van der Waals surface area contributed by atoms with Gasteiger partial charge in [-0.1, -0.05) is 23.7 Å². The molecule has 0 unspecified atom stereocenters. The highest BCUT2D eigenvalue weighted by molar-refractivity contribution is 7.92. The molecular formula is C15H13ClFNO2S. The van der Waals surface area contributed by atoms with E-state index in [2.05, 4.69) is 6.58 Å². The van der Waals surface area contributed by atoms with Crippen molar-refractivity contribution >= 4 is 27.3 Å². The van der Waals surface area contributed by atoms with Crippen molar-refractivity contribution in [3.05, 3.63) is 72.0 Å². The van der Waals surface area contributed by atoms with Crippen molar-refractivity contribution in [1.82, 2.24) is 0 Å². The van der Waals surface area contributed by atoms with Gasteiger partial charge in [-0.15, -0.1) is 6.58 Å². The normalized spacial score (nSPS) is 11.1. The van der Waals surface area contributed by atoms with E-state index < -0.39 is 15.8 Å². The van der Waals surface area contributed by atoms with Gasteiger partial charge in [0.15, 0.2) is 0 Å². The summed E-state index contributed by atoms with van der Waals surface area (Å²) in [5, 5.41) is 0.427. The molecule has 21 heavy (non-hydrogen) atoms. The van der Waals surface area contributed by atoms with E-state index in [-0.39, 0.29) is 11.4 Å². The van der Waals surface area contributed by atoms with Crippen LogP contribution in [-0.4, -0.2) is 15.0 Å². The maximum Gasteiger partial charge on any atom is 0.264 e. The van der Waals surface area contributed by atoms with Gasteiger partial charge in [-0.2, -0.15) is 0 Å². The number of halogens is 2. The largest absolute Gasteiger partial charge is 0.264 e. The molecule has 0 N–H and O–H groups in total. The van der Waals surface area contributed by atoms with Crippen LogP contribution in [0, 0.1) is 5.82 Å². The zero-order valence-electron chi connectivity index (χ0n) is 11.0. The second-order valence-electron chi connectivity index (χ2n) is 4.26. The lowest BCUT2D eigenvalue weighted by Gasteiger charge is -2.23. The predicted molar refractivity (Wildman–Crippen MR) is 82.6 cm³/mol. The summed E-state index contributed by atoms with van der Waals surface area (Å²) in [5.74, 6) is -0.494. The highest BCUT2D eigenvalue weighted by atomic mass is 35.5. The van der Waals surface area contributed by atoms with Gasteiger partial charge in [-0.25, -0.2) is 12.8 Å². The topological polar surface area (TPSA) is 37.4 Å². The average molecular weight is 326 g/mol. The van der Waals surface area contributed by atoms with Crippen LogP contribution in [0.3, 0.4) is 0 Å². The molecule has 0 aliphatic carbocycles. The van der Waals surface area contributed by atoms with Crippen LogP contribution in [0.15, 0.2) is 66.1 Å². The molecule has 0 radical (unpaired) electrons. The number of anilines is 1. The van der Waals surface area contributed by atoms with Gasteiger partial charge in [0.25, 0.3) is 10.0 Å². The lowest BCUT2D eigenvalue weighted by atomic mass is 10.3. The number of hydrogen-bond donors (Lipinski definition) is 0. The Morgan fingerprint density at radius 3 is 2.43 bits per heavy atom. The van der Waals surface area contributed by atoms with Gasteiger partial charge in [-0.3, -0.25) is 4.31 Å². The zero-order chi connectivity index (χ0) is 15.5. The smallest absolute Gasteiger partial charge is 0.262 e. The van der Waals surface area contributed by atoms with E-state index in [1.165, 1.54) is 22.5 Å². The Morgan fingerprint density at radius 1 is 1.19 bits per heavy atom. The summed E-state index contributed by atoms with van der Waals surface area (Å²) in [4.78, 5) is 0.00530. The molecule has 2 aromatic carbocycles. The SMILES string of the molecule is C=CCN(c1cccc(Cl)c1)S(=O)(=O)c1ccc(F)cc1. The summed E-state index contributed by atoms with van der Waals surface area (Å²) in [6.45, 7) is 3.65. The Balaban J connectivity index is 2.50. The molecule has 3 nitrogen and oxygen atoms in total. The zero-order valence-corrected chi connectivity index (χ0v) is 12.6. The monoisotopic (exact) mass is 325 g/mol. The predicted octanol–water partition coefficient (Wildman–Crippen LogP) is 3.86. The van der Waals surface area contributed by atoms with Crippen molar-refractivity contribution in [2.45, 2.75) is 4.90 Å². The standard InChI is InChI=1S/C15H13ClFNO2S/c1-2-10-18(14-5-3-4-12(16)11-14)21(19,20)15-8-6-13(17)7-9-15/h2-9,11H,1,10H2. The molecule has 0 aliphatic rings. The Hall–Kier alpha value is -1.85. The van der Waals surface area contributed by atoms with Gasteiger partial charge in [0, 0.05) is 5.02 Å². The van der Waals surface area contributed by atoms with Crippen molar-refractivity contribution in [3.63, 3.8) is 0 Å². The molecule has 0 saturated heterocycles. The van der Waals surface area contributed by atoms with Crippen molar-refractivity contribution in [2.75, 3.05) is 10.8 Å². The molecule has 0 amide bonds. The molecule has 2 rings (SSSR count).